The van der Waals surface area contributed by atoms with Gasteiger partial charge in [-0.1, -0.05) is 13.8 Å². The Balaban J connectivity index is 0.00000576. The number of ether oxygens (including phenoxy) is 2. The van der Waals surface area contributed by atoms with Gasteiger partial charge in [0.15, 0.2) is 5.96 Å². The summed E-state index contributed by atoms with van der Waals surface area (Å²) in [4.78, 5) is 8.52. The fourth-order valence-electron chi connectivity index (χ4n) is 2.45. The fourth-order valence-corrected chi connectivity index (χ4v) is 2.45. The van der Waals surface area contributed by atoms with E-state index in [9.17, 15) is 0 Å². The van der Waals surface area contributed by atoms with Gasteiger partial charge in [0, 0.05) is 39.0 Å². The van der Waals surface area contributed by atoms with Gasteiger partial charge in [0.25, 0.3) is 0 Å². The van der Waals surface area contributed by atoms with Crippen molar-refractivity contribution in [1.82, 2.24) is 15.6 Å². The molecule has 0 saturated carbocycles. The van der Waals surface area contributed by atoms with Crippen LogP contribution in [0.15, 0.2) is 23.3 Å². The number of rotatable bonds is 9. The van der Waals surface area contributed by atoms with Crippen LogP contribution >= 0.6 is 24.0 Å². The van der Waals surface area contributed by atoms with Crippen LogP contribution < -0.4 is 15.4 Å². The van der Waals surface area contributed by atoms with E-state index >= 15 is 0 Å². The minimum Gasteiger partial charge on any atom is -0.475 e. The number of aromatic nitrogens is 1. The predicted molar refractivity (Wildman–Crippen MR) is 114 cm³/mol. The molecule has 0 aliphatic carbocycles. The molecule has 0 aromatic carbocycles. The van der Waals surface area contributed by atoms with Crippen molar-refractivity contribution in [2.45, 2.75) is 52.8 Å². The SMILES string of the molecule is CN=C(NCc1ccnc(OC(C)CC(C)C)c1)NC(C)COC.I. The molecule has 0 spiro atoms. The lowest BCUT2D eigenvalue weighted by atomic mass is 10.1. The van der Waals surface area contributed by atoms with Gasteiger partial charge in [-0.3, -0.25) is 4.99 Å². The summed E-state index contributed by atoms with van der Waals surface area (Å²) in [5, 5.41) is 6.56. The Morgan fingerprint density at radius 3 is 2.60 bits per heavy atom. The Hall–Kier alpha value is -1.09. The van der Waals surface area contributed by atoms with Crippen molar-refractivity contribution in [3.05, 3.63) is 23.9 Å². The summed E-state index contributed by atoms with van der Waals surface area (Å²) >= 11 is 0. The molecule has 7 heteroatoms. The van der Waals surface area contributed by atoms with Crippen molar-refractivity contribution in [2.75, 3.05) is 20.8 Å². The average Bonchev–Trinajstić information content (AvgIpc) is 2.51. The molecule has 144 valence electrons. The molecule has 2 unspecified atom stereocenters. The van der Waals surface area contributed by atoms with Crippen molar-refractivity contribution in [3.63, 3.8) is 0 Å². The molecular weight excluding hydrogens is 431 g/mol. The van der Waals surface area contributed by atoms with Crippen molar-refractivity contribution in [1.29, 1.82) is 0 Å². The summed E-state index contributed by atoms with van der Waals surface area (Å²) in [5.74, 6) is 2.01. The van der Waals surface area contributed by atoms with Gasteiger partial charge in [-0.05, 0) is 37.8 Å². The highest BCUT2D eigenvalue weighted by Crippen LogP contribution is 2.14. The number of hydrogen-bond acceptors (Lipinski definition) is 4. The lowest BCUT2D eigenvalue weighted by Crippen LogP contribution is -2.43. The smallest absolute Gasteiger partial charge is 0.213 e. The molecule has 1 rings (SSSR count). The highest BCUT2D eigenvalue weighted by atomic mass is 127. The van der Waals surface area contributed by atoms with Gasteiger partial charge in [-0.25, -0.2) is 4.98 Å². The zero-order valence-corrected chi connectivity index (χ0v) is 18.5. The number of nitrogens with one attached hydrogen (secondary N) is 2. The Kier molecular flexibility index (Phi) is 12.6. The van der Waals surface area contributed by atoms with E-state index in [-0.39, 0.29) is 36.1 Å². The molecule has 0 bridgehead atoms. The van der Waals surface area contributed by atoms with Crippen LogP contribution in [0.2, 0.25) is 0 Å². The number of methoxy groups -OCH3 is 1. The van der Waals surface area contributed by atoms with Crippen molar-refractivity contribution in [2.24, 2.45) is 10.9 Å². The first-order valence-corrected chi connectivity index (χ1v) is 8.52. The highest BCUT2D eigenvalue weighted by Gasteiger charge is 2.09. The third-order valence-corrected chi connectivity index (χ3v) is 3.41. The third-order valence-electron chi connectivity index (χ3n) is 3.41. The maximum absolute atomic E-state index is 5.89. The molecule has 1 heterocycles. The fraction of sp³-hybridized carbons (Fsp3) is 0.667. The van der Waals surface area contributed by atoms with Gasteiger partial charge < -0.3 is 20.1 Å². The zero-order valence-electron chi connectivity index (χ0n) is 16.2. The molecule has 0 aliphatic heterocycles. The second-order valence-corrected chi connectivity index (χ2v) is 6.49. The van der Waals surface area contributed by atoms with Crippen LogP contribution in [0.1, 0.15) is 39.7 Å². The second-order valence-electron chi connectivity index (χ2n) is 6.49. The summed E-state index contributed by atoms with van der Waals surface area (Å²) in [6.07, 6.45) is 2.95. The monoisotopic (exact) mass is 464 g/mol. The van der Waals surface area contributed by atoms with Crippen LogP contribution in [-0.4, -0.2) is 43.9 Å². The largest absolute Gasteiger partial charge is 0.475 e. The lowest BCUT2D eigenvalue weighted by molar-refractivity contribution is 0.179. The Labute approximate surface area is 169 Å². The highest BCUT2D eigenvalue weighted by molar-refractivity contribution is 14.0. The number of nitrogens with zero attached hydrogens (tertiary/aromatic N) is 2. The number of halogens is 1. The summed E-state index contributed by atoms with van der Waals surface area (Å²) < 4.78 is 11.0. The van der Waals surface area contributed by atoms with E-state index in [0.717, 1.165) is 17.9 Å². The molecule has 0 amide bonds. The molecule has 0 aliphatic rings. The summed E-state index contributed by atoms with van der Waals surface area (Å²) in [6.45, 7) is 9.78. The maximum Gasteiger partial charge on any atom is 0.213 e. The maximum atomic E-state index is 5.89. The standard InChI is InChI=1S/C18H32N4O2.HI/c1-13(2)9-15(4)24-17-10-16(7-8-20-17)11-21-18(19-5)22-14(3)12-23-6;/h7-8,10,13-15H,9,11-12H2,1-6H3,(H2,19,21,22);1H. The number of pyridine rings is 1. The van der Waals surface area contributed by atoms with Crippen molar-refractivity contribution < 1.29 is 9.47 Å². The lowest BCUT2D eigenvalue weighted by Gasteiger charge is -2.18. The average molecular weight is 464 g/mol. The third kappa shape index (κ3) is 10.5. The van der Waals surface area contributed by atoms with E-state index in [4.69, 9.17) is 9.47 Å². The Morgan fingerprint density at radius 1 is 1.28 bits per heavy atom. The second kappa shape index (κ2) is 13.2. The molecule has 25 heavy (non-hydrogen) atoms. The molecule has 2 atom stereocenters. The van der Waals surface area contributed by atoms with Crippen LogP contribution in [-0.2, 0) is 11.3 Å². The Morgan fingerprint density at radius 2 is 2.00 bits per heavy atom. The van der Waals surface area contributed by atoms with Gasteiger partial charge >= 0.3 is 0 Å². The normalized spacial score (nSPS) is 13.8. The van der Waals surface area contributed by atoms with Crippen LogP contribution in [0, 0.1) is 5.92 Å². The van der Waals surface area contributed by atoms with Crippen molar-refractivity contribution >= 4 is 29.9 Å². The van der Waals surface area contributed by atoms with Crippen LogP contribution in [0.3, 0.4) is 0 Å². The summed E-state index contributed by atoms with van der Waals surface area (Å²) in [6, 6.07) is 4.13. The summed E-state index contributed by atoms with van der Waals surface area (Å²) in [7, 11) is 3.44. The quantitative estimate of drug-likeness (QED) is 0.334. The summed E-state index contributed by atoms with van der Waals surface area (Å²) in [5.41, 5.74) is 1.10. The van der Waals surface area contributed by atoms with E-state index in [1.165, 1.54) is 0 Å². The van der Waals surface area contributed by atoms with Gasteiger partial charge in [0.05, 0.1) is 12.7 Å². The van der Waals surface area contributed by atoms with Gasteiger partial charge in [-0.15, -0.1) is 24.0 Å². The number of guanidine groups is 1. The number of hydrogen-bond donors (Lipinski definition) is 2. The van der Waals surface area contributed by atoms with E-state index in [0.29, 0.717) is 24.9 Å². The van der Waals surface area contributed by atoms with E-state index < -0.39 is 0 Å². The predicted octanol–water partition coefficient (Wildman–Crippen LogP) is 3.21. The van der Waals surface area contributed by atoms with Crippen LogP contribution in [0.5, 0.6) is 5.88 Å². The minimum absolute atomic E-state index is 0. The number of aliphatic imine (C=N–C) groups is 1. The van der Waals surface area contributed by atoms with E-state index in [2.05, 4.69) is 41.4 Å². The van der Waals surface area contributed by atoms with Crippen LogP contribution in [0.25, 0.3) is 0 Å². The molecule has 1 aromatic heterocycles. The van der Waals surface area contributed by atoms with Crippen LogP contribution in [0.4, 0.5) is 0 Å². The molecule has 0 radical (unpaired) electrons. The van der Waals surface area contributed by atoms with Gasteiger partial charge in [0.2, 0.25) is 5.88 Å². The molecule has 0 saturated heterocycles. The van der Waals surface area contributed by atoms with E-state index in [1.807, 2.05) is 19.1 Å². The van der Waals surface area contributed by atoms with E-state index in [1.54, 1.807) is 20.4 Å². The van der Waals surface area contributed by atoms with Gasteiger partial charge in [-0.2, -0.15) is 0 Å². The molecular formula is C18H33IN4O2. The zero-order chi connectivity index (χ0) is 17.9. The first-order chi connectivity index (χ1) is 11.4. The molecule has 0 fully saturated rings. The topological polar surface area (TPSA) is 67.8 Å². The first-order valence-electron chi connectivity index (χ1n) is 8.52. The minimum atomic E-state index is 0. The van der Waals surface area contributed by atoms with Gasteiger partial charge in [0.1, 0.15) is 0 Å². The Bertz CT molecular complexity index is 512. The van der Waals surface area contributed by atoms with Crippen molar-refractivity contribution in [3.8, 4) is 5.88 Å². The molecule has 1 aromatic rings. The first kappa shape index (κ1) is 23.9. The molecule has 6 nitrogen and oxygen atoms in total. The molecule has 2 N–H and O–H groups in total.